The van der Waals surface area contributed by atoms with Crippen molar-refractivity contribution in [1.29, 1.82) is 0 Å². The molecule has 21 heavy (non-hydrogen) atoms. The Balaban J connectivity index is 2.22. The van der Waals surface area contributed by atoms with Crippen molar-refractivity contribution in [2.45, 2.75) is 13.0 Å². The maximum atomic E-state index is 12.3. The number of non-ortho nitro benzene ring substituents is 1. The largest absolute Gasteiger partial charge is 0.433 e. The molecule has 0 bridgehead atoms. The molecule has 1 aromatic carbocycles. The quantitative estimate of drug-likeness (QED) is 0.665. The van der Waals surface area contributed by atoms with Gasteiger partial charge in [-0.25, -0.2) is 0 Å². The van der Waals surface area contributed by atoms with Crippen LogP contribution < -0.4 is 10.1 Å². The average molecular weight is 302 g/mol. The van der Waals surface area contributed by atoms with Crippen molar-refractivity contribution in [1.82, 2.24) is 0 Å². The van der Waals surface area contributed by atoms with Gasteiger partial charge in [0.25, 0.3) is 5.69 Å². The summed E-state index contributed by atoms with van der Waals surface area (Å²) in [5.41, 5.74) is -0.504. The van der Waals surface area contributed by atoms with E-state index < -0.39 is 23.4 Å². The second-order valence-corrected chi connectivity index (χ2v) is 4.37. The fourth-order valence-corrected chi connectivity index (χ4v) is 1.90. The lowest BCUT2D eigenvalue weighted by Crippen LogP contribution is -2.23. The first-order chi connectivity index (χ1) is 9.97. The van der Waals surface area contributed by atoms with Crippen LogP contribution in [0.3, 0.4) is 0 Å². The maximum Gasteiger partial charge on any atom is 0.387 e. The smallest absolute Gasteiger partial charge is 0.387 e. The minimum absolute atomic E-state index is 0.165. The van der Waals surface area contributed by atoms with Gasteiger partial charge in [0.2, 0.25) is 5.91 Å². The summed E-state index contributed by atoms with van der Waals surface area (Å²) in [6, 6.07) is 3.02. The zero-order chi connectivity index (χ0) is 15.4. The second-order valence-electron chi connectivity index (χ2n) is 4.37. The predicted molar refractivity (Wildman–Crippen MR) is 67.3 cm³/mol. The van der Waals surface area contributed by atoms with E-state index in [1.54, 1.807) is 0 Å². The summed E-state index contributed by atoms with van der Waals surface area (Å²) >= 11 is 0. The summed E-state index contributed by atoms with van der Waals surface area (Å²) in [6.07, 6.45) is 0.506. The van der Waals surface area contributed by atoms with Crippen molar-refractivity contribution < 1.29 is 28.0 Å². The van der Waals surface area contributed by atoms with Crippen LogP contribution in [0.5, 0.6) is 5.75 Å². The van der Waals surface area contributed by atoms with Crippen molar-refractivity contribution >= 4 is 17.3 Å². The van der Waals surface area contributed by atoms with Crippen LogP contribution in [-0.2, 0) is 9.53 Å². The fourth-order valence-electron chi connectivity index (χ4n) is 1.90. The molecule has 0 saturated carbocycles. The number of alkyl halides is 2. The number of rotatable bonds is 5. The van der Waals surface area contributed by atoms with Crippen molar-refractivity contribution in [3.63, 3.8) is 0 Å². The average Bonchev–Trinajstić information content (AvgIpc) is 2.93. The van der Waals surface area contributed by atoms with Crippen LogP contribution in [0.25, 0.3) is 0 Å². The number of nitrogens with one attached hydrogen (secondary N) is 1. The van der Waals surface area contributed by atoms with Gasteiger partial charge in [-0.1, -0.05) is 0 Å². The normalized spacial score (nSPS) is 17.8. The number of ether oxygens (including phenoxy) is 2. The first-order valence-corrected chi connectivity index (χ1v) is 6.09. The highest BCUT2D eigenvalue weighted by Crippen LogP contribution is 2.31. The number of nitro groups is 1. The molecule has 0 aromatic heterocycles. The monoisotopic (exact) mass is 302 g/mol. The third-order valence-electron chi connectivity index (χ3n) is 2.95. The lowest BCUT2D eigenvalue weighted by molar-refractivity contribution is -0.384. The molecule has 114 valence electrons. The van der Waals surface area contributed by atoms with Crippen LogP contribution in [0, 0.1) is 16.0 Å². The third kappa shape index (κ3) is 3.85. The number of halogens is 2. The van der Waals surface area contributed by atoms with E-state index in [1.807, 2.05) is 0 Å². The summed E-state index contributed by atoms with van der Waals surface area (Å²) in [6.45, 7) is -2.43. The zero-order valence-corrected chi connectivity index (χ0v) is 10.8. The molecule has 7 nitrogen and oxygen atoms in total. The molecule has 1 aliphatic heterocycles. The molecule has 1 amide bonds. The van der Waals surface area contributed by atoms with E-state index in [1.165, 1.54) is 0 Å². The van der Waals surface area contributed by atoms with Gasteiger partial charge in [0.1, 0.15) is 5.75 Å². The van der Waals surface area contributed by atoms with Crippen molar-refractivity contribution in [2.75, 3.05) is 18.5 Å². The van der Waals surface area contributed by atoms with Gasteiger partial charge in [0, 0.05) is 18.7 Å². The highest BCUT2D eigenvalue weighted by Gasteiger charge is 2.25. The van der Waals surface area contributed by atoms with Crippen LogP contribution >= 0.6 is 0 Å². The SMILES string of the molecule is O=C(Nc1cc([N+](=O)[O-])ccc1OC(F)F)C1CCOC1. The zero-order valence-electron chi connectivity index (χ0n) is 10.8. The van der Waals surface area contributed by atoms with E-state index in [9.17, 15) is 23.7 Å². The Morgan fingerprint density at radius 3 is 2.86 bits per heavy atom. The first kappa shape index (κ1) is 15.1. The molecule has 9 heteroatoms. The van der Waals surface area contributed by atoms with E-state index in [2.05, 4.69) is 10.1 Å². The summed E-state index contributed by atoms with van der Waals surface area (Å²) < 4.78 is 33.9. The summed E-state index contributed by atoms with van der Waals surface area (Å²) in [7, 11) is 0. The Labute approximate surface area is 118 Å². The second kappa shape index (κ2) is 6.44. The number of carbonyl (C=O) groups is 1. The van der Waals surface area contributed by atoms with Crippen LogP contribution in [0.2, 0.25) is 0 Å². The molecule has 0 radical (unpaired) electrons. The number of benzene rings is 1. The minimum atomic E-state index is -3.10. The lowest BCUT2D eigenvalue weighted by Gasteiger charge is -2.13. The summed E-state index contributed by atoms with van der Waals surface area (Å²) in [4.78, 5) is 21.9. The summed E-state index contributed by atoms with van der Waals surface area (Å²) in [5.74, 6) is -1.20. The maximum absolute atomic E-state index is 12.3. The highest BCUT2D eigenvalue weighted by atomic mass is 19.3. The Morgan fingerprint density at radius 1 is 1.52 bits per heavy atom. The van der Waals surface area contributed by atoms with Gasteiger partial charge in [-0.15, -0.1) is 0 Å². The van der Waals surface area contributed by atoms with Gasteiger partial charge in [0.05, 0.1) is 23.1 Å². The summed E-state index contributed by atoms with van der Waals surface area (Å²) in [5, 5.41) is 13.1. The molecule has 2 rings (SSSR count). The van der Waals surface area contributed by atoms with Crippen molar-refractivity contribution in [3.8, 4) is 5.75 Å². The van der Waals surface area contributed by atoms with E-state index in [0.717, 1.165) is 18.2 Å². The molecular weight excluding hydrogens is 290 g/mol. The van der Waals surface area contributed by atoms with Gasteiger partial charge >= 0.3 is 6.61 Å². The molecule has 1 fully saturated rings. The van der Waals surface area contributed by atoms with Crippen LogP contribution in [0.4, 0.5) is 20.2 Å². The van der Waals surface area contributed by atoms with Crippen molar-refractivity contribution in [3.05, 3.63) is 28.3 Å². The van der Waals surface area contributed by atoms with Gasteiger partial charge in [-0.05, 0) is 12.5 Å². The standard InChI is InChI=1S/C12H12F2N2O5/c13-12(14)21-10-2-1-8(16(18)19)5-9(10)15-11(17)7-3-4-20-6-7/h1-2,5,7,12H,3-4,6H2,(H,15,17). The molecule has 1 unspecified atom stereocenters. The van der Waals surface area contributed by atoms with E-state index in [-0.39, 0.29) is 23.7 Å². The Hall–Kier alpha value is -2.29. The number of nitrogens with zero attached hydrogens (tertiary/aromatic N) is 1. The molecule has 0 aliphatic carbocycles. The molecule has 0 spiro atoms. The number of carbonyl (C=O) groups excluding carboxylic acids is 1. The van der Waals surface area contributed by atoms with Gasteiger partial charge < -0.3 is 14.8 Å². The van der Waals surface area contributed by atoms with Gasteiger partial charge in [0.15, 0.2) is 0 Å². The highest BCUT2D eigenvalue weighted by molar-refractivity contribution is 5.94. The number of hydrogen-bond acceptors (Lipinski definition) is 5. The van der Waals surface area contributed by atoms with E-state index in [0.29, 0.717) is 13.0 Å². The third-order valence-corrected chi connectivity index (χ3v) is 2.95. The van der Waals surface area contributed by atoms with Gasteiger partial charge in [-0.2, -0.15) is 8.78 Å². The molecule has 1 aromatic rings. The van der Waals surface area contributed by atoms with Crippen molar-refractivity contribution in [2.24, 2.45) is 5.92 Å². The minimum Gasteiger partial charge on any atom is -0.433 e. The van der Waals surface area contributed by atoms with Crippen LogP contribution in [0.1, 0.15) is 6.42 Å². The Kier molecular flexibility index (Phi) is 4.63. The van der Waals surface area contributed by atoms with Crippen LogP contribution in [0.15, 0.2) is 18.2 Å². The van der Waals surface area contributed by atoms with Crippen LogP contribution in [-0.4, -0.2) is 30.7 Å². The van der Waals surface area contributed by atoms with E-state index >= 15 is 0 Å². The molecule has 1 atom stereocenters. The lowest BCUT2D eigenvalue weighted by atomic mass is 10.1. The number of hydrogen-bond donors (Lipinski definition) is 1. The topological polar surface area (TPSA) is 90.7 Å². The molecular formula is C12H12F2N2O5. The molecule has 1 saturated heterocycles. The first-order valence-electron chi connectivity index (χ1n) is 6.09. The molecule has 1 heterocycles. The Bertz CT molecular complexity index is 546. The van der Waals surface area contributed by atoms with Gasteiger partial charge in [-0.3, -0.25) is 14.9 Å². The number of amides is 1. The number of anilines is 1. The molecule has 1 aliphatic rings. The van der Waals surface area contributed by atoms with E-state index in [4.69, 9.17) is 4.74 Å². The predicted octanol–water partition coefficient (Wildman–Crippen LogP) is 2.17. The fraction of sp³-hybridized carbons (Fsp3) is 0.417. The molecule has 1 N–H and O–H groups in total. The number of nitro benzene ring substituents is 1. The Morgan fingerprint density at radius 2 is 2.29 bits per heavy atom.